The molecule has 0 bridgehead atoms. The van der Waals surface area contributed by atoms with E-state index in [2.05, 4.69) is 21.2 Å². The molecule has 1 N–H and O–H groups in total. The standard InChI is InChI=1S/C21H16N2O2S3/c24-28(25,16-8-6-15(7-9-16)14-4-2-1-3-5-14)23-21-22-20-17-12-13-26-18(17)10-11-19(20)27-21/h1-9,12-13H,10-11H2,(H,22,23). The highest BCUT2D eigenvalue weighted by molar-refractivity contribution is 7.93. The number of hydrogen-bond donors (Lipinski definition) is 1. The molecule has 2 aromatic carbocycles. The molecule has 0 atom stereocenters. The maximum Gasteiger partial charge on any atom is 0.263 e. The molecule has 0 fully saturated rings. The van der Waals surface area contributed by atoms with Gasteiger partial charge in [-0.2, -0.15) is 0 Å². The molecule has 28 heavy (non-hydrogen) atoms. The van der Waals surface area contributed by atoms with Gasteiger partial charge in [-0.05, 0) is 47.5 Å². The average molecular weight is 425 g/mol. The number of thiazole rings is 1. The Morgan fingerprint density at radius 3 is 2.36 bits per heavy atom. The van der Waals surface area contributed by atoms with E-state index in [-0.39, 0.29) is 4.90 Å². The van der Waals surface area contributed by atoms with Crippen molar-refractivity contribution in [3.63, 3.8) is 0 Å². The van der Waals surface area contributed by atoms with Gasteiger partial charge in [0.2, 0.25) is 0 Å². The second kappa shape index (κ2) is 6.84. The zero-order valence-corrected chi connectivity index (χ0v) is 17.2. The first-order chi connectivity index (χ1) is 13.6. The predicted molar refractivity (Wildman–Crippen MR) is 116 cm³/mol. The Balaban J connectivity index is 1.41. The largest absolute Gasteiger partial charge is 0.263 e. The third-order valence-electron chi connectivity index (χ3n) is 4.77. The minimum absolute atomic E-state index is 0.233. The van der Waals surface area contributed by atoms with Crippen LogP contribution in [0.5, 0.6) is 0 Å². The number of aromatic nitrogens is 1. The van der Waals surface area contributed by atoms with Crippen molar-refractivity contribution in [2.45, 2.75) is 17.7 Å². The lowest BCUT2D eigenvalue weighted by molar-refractivity contribution is 0.601. The lowest BCUT2D eigenvalue weighted by atomic mass is 10.0. The van der Waals surface area contributed by atoms with Crippen LogP contribution in [0.4, 0.5) is 5.13 Å². The summed E-state index contributed by atoms with van der Waals surface area (Å²) in [6.45, 7) is 0. The van der Waals surface area contributed by atoms with E-state index in [4.69, 9.17) is 0 Å². The third kappa shape index (κ3) is 3.15. The SMILES string of the molecule is O=S(=O)(Nc1nc2c(s1)CCc1sccc1-2)c1ccc(-c2ccccc2)cc1. The van der Waals surface area contributed by atoms with Gasteiger partial charge in [0.1, 0.15) is 0 Å². The summed E-state index contributed by atoms with van der Waals surface area (Å²) in [4.78, 5) is 7.27. The van der Waals surface area contributed by atoms with Crippen molar-refractivity contribution in [2.24, 2.45) is 0 Å². The van der Waals surface area contributed by atoms with Crippen LogP contribution in [-0.4, -0.2) is 13.4 Å². The van der Waals surface area contributed by atoms with Crippen LogP contribution in [0.1, 0.15) is 9.75 Å². The normalized spacial score (nSPS) is 13.0. The Morgan fingerprint density at radius 1 is 0.857 bits per heavy atom. The molecule has 2 aromatic heterocycles. The molecule has 0 spiro atoms. The van der Waals surface area contributed by atoms with Gasteiger partial charge in [0, 0.05) is 15.3 Å². The van der Waals surface area contributed by atoms with Crippen molar-refractivity contribution in [3.05, 3.63) is 75.8 Å². The summed E-state index contributed by atoms with van der Waals surface area (Å²) >= 11 is 3.16. The van der Waals surface area contributed by atoms with Crippen LogP contribution in [0.25, 0.3) is 22.4 Å². The first-order valence-electron chi connectivity index (χ1n) is 8.85. The van der Waals surface area contributed by atoms with E-state index in [1.165, 1.54) is 16.2 Å². The van der Waals surface area contributed by atoms with Crippen LogP contribution in [0.2, 0.25) is 0 Å². The fraction of sp³-hybridized carbons (Fsp3) is 0.0952. The van der Waals surface area contributed by atoms with Gasteiger partial charge in [-0.3, -0.25) is 4.72 Å². The van der Waals surface area contributed by atoms with E-state index < -0.39 is 10.0 Å². The minimum Gasteiger partial charge on any atom is -0.255 e. The second-order valence-corrected chi connectivity index (χ2v) is 10.3. The van der Waals surface area contributed by atoms with Crippen molar-refractivity contribution in [1.29, 1.82) is 0 Å². The Morgan fingerprint density at radius 2 is 1.57 bits per heavy atom. The highest BCUT2D eigenvalue weighted by atomic mass is 32.2. The van der Waals surface area contributed by atoms with Crippen LogP contribution in [-0.2, 0) is 22.9 Å². The molecule has 7 heteroatoms. The Hall–Kier alpha value is -2.48. The first-order valence-corrected chi connectivity index (χ1v) is 12.0. The highest BCUT2D eigenvalue weighted by Crippen LogP contribution is 2.40. The van der Waals surface area contributed by atoms with Crippen molar-refractivity contribution < 1.29 is 8.42 Å². The topological polar surface area (TPSA) is 59.1 Å². The number of rotatable bonds is 4. The van der Waals surface area contributed by atoms with Crippen molar-refractivity contribution in [2.75, 3.05) is 4.72 Å². The molecule has 0 saturated heterocycles. The molecule has 2 heterocycles. The number of nitrogens with one attached hydrogen (secondary N) is 1. The van der Waals surface area contributed by atoms with E-state index in [1.807, 2.05) is 42.5 Å². The van der Waals surface area contributed by atoms with E-state index in [0.29, 0.717) is 5.13 Å². The van der Waals surface area contributed by atoms with Crippen LogP contribution < -0.4 is 4.72 Å². The lowest BCUT2D eigenvalue weighted by Gasteiger charge is -2.08. The maximum atomic E-state index is 12.8. The molecule has 4 nitrogen and oxygen atoms in total. The second-order valence-electron chi connectivity index (χ2n) is 6.54. The molecule has 0 amide bonds. The summed E-state index contributed by atoms with van der Waals surface area (Å²) in [6, 6.07) is 18.9. The van der Waals surface area contributed by atoms with E-state index >= 15 is 0 Å². The first kappa shape index (κ1) is 17.6. The molecule has 0 radical (unpaired) electrons. The van der Waals surface area contributed by atoms with E-state index in [9.17, 15) is 8.42 Å². The maximum absolute atomic E-state index is 12.8. The van der Waals surface area contributed by atoms with Crippen LogP contribution in [0, 0.1) is 0 Å². The zero-order chi connectivity index (χ0) is 19.1. The van der Waals surface area contributed by atoms with Gasteiger partial charge in [0.15, 0.2) is 5.13 Å². The van der Waals surface area contributed by atoms with Crippen molar-refractivity contribution in [1.82, 2.24) is 4.98 Å². The van der Waals surface area contributed by atoms with Gasteiger partial charge >= 0.3 is 0 Å². The summed E-state index contributed by atoms with van der Waals surface area (Å²) in [7, 11) is -3.68. The zero-order valence-electron chi connectivity index (χ0n) is 14.8. The van der Waals surface area contributed by atoms with Crippen molar-refractivity contribution in [3.8, 4) is 22.4 Å². The third-order valence-corrected chi connectivity index (χ3v) is 8.27. The smallest absolute Gasteiger partial charge is 0.255 e. The summed E-state index contributed by atoms with van der Waals surface area (Å²) in [5.74, 6) is 0. The van der Waals surface area contributed by atoms with Crippen molar-refractivity contribution >= 4 is 37.8 Å². The Kier molecular flexibility index (Phi) is 4.30. The van der Waals surface area contributed by atoms with Crippen LogP contribution in [0.15, 0.2) is 70.9 Å². The summed E-state index contributed by atoms with van der Waals surface area (Å²) in [5, 5.41) is 2.49. The van der Waals surface area contributed by atoms with Crippen LogP contribution in [0.3, 0.4) is 0 Å². The Labute approximate surface area is 171 Å². The van der Waals surface area contributed by atoms with Gasteiger partial charge in [0.05, 0.1) is 10.6 Å². The van der Waals surface area contributed by atoms with Gasteiger partial charge in [-0.15, -0.1) is 22.7 Å². The molecule has 5 rings (SSSR count). The van der Waals surface area contributed by atoms with E-state index in [0.717, 1.165) is 40.1 Å². The minimum atomic E-state index is -3.68. The quantitative estimate of drug-likeness (QED) is 0.475. The molecule has 1 aliphatic carbocycles. The number of anilines is 1. The summed E-state index contributed by atoms with van der Waals surface area (Å²) in [5.41, 5.74) is 4.10. The molecular formula is C21H16N2O2S3. The fourth-order valence-corrected chi connectivity index (χ4v) is 6.47. The van der Waals surface area contributed by atoms with Crippen LogP contribution >= 0.6 is 22.7 Å². The number of hydrogen-bond acceptors (Lipinski definition) is 5. The fourth-order valence-electron chi connectivity index (χ4n) is 3.38. The number of sulfonamides is 1. The molecular weight excluding hydrogens is 408 g/mol. The van der Waals surface area contributed by atoms with E-state index in [1.54, 1.807) is 23.5 Å². The highest BCUT2D eigenvalue weighted by Gasteiger charge is 2.24. The molecule has 0 unspecified atom stereocenters. The van der Waals surface area contributed by atoms with Gasteiger partial charge in [0.25, 0.3) is 10.0 Å². The number of fused-ring (bicyclic) bond motifs is 3. The van der Waals surface area contributed by atoms with Gasteiger partial charge in [-0.25, -0.2) is 13.4 Å². The van der Waals surface area contributed by atoms with Gasteiger partial charge in [-0.1, -0.05) is 42.5 Å². The van der Waals surface area contributed by atoms with Gasteiger partial charge < -0.3 is 0 Å². The molecule has 0 saturated carbocycles. The number of thiophene rings is 1. The summed E-state index contributed by atoms with van der Waals surface area (Å²) in [6.07, 6.45) is 1.91. The lowest BCUT2D eigenvalue weighted by Crippen LogP contribution is -2.12. The number of aryl methyl sites for hydroxylation is 2. The molecule has 140 valence electrons. The average Bonchev–Trinajstić information content (AvgIpc) is 3.34. The number of nitrogens with zero attached hydrogens (tertiary/aromatic N) is 1. The predicted octanol–water partition coefficient (Wildman–Crippen LogP) is 5.44. The number of benzene rings is 2. The summed E-state index contributed by atoms with van der Waals surface area (Å²) < 4.78 is 28.3. The Bertz CT molecular complexity index is 1240. The monoisotopic (exact) mass is 424 g/mol. The molecule has 1 aliphatic rings. The molecule has 0 aliphatic heterocycles. The molecule has 4 aromatic rings.